The number of H-pyrrole nitrogens is 1. The van der Waals surface area contributed by atoms with Crippen LogP contribution in [0.1, 0.15) is 77.7 Å². The Labute approximate surface area is 201 Å². The van der Waals surface area contributed by atoms with Crippen LogP contribution in [-0.2, 0) is 12.1 Å². The lowest BCUT2D eigenvalue weighted by atomic mass is 10.0. The number of nitrogens with zero attached hydrogens (tertiary/aromatic N) is 5. The fourth-order valence-electron chi connectivity index (χ4n) is 4.17. The first kappa shape index (κ1) is 25.8. The maximum atomic E-state index is 13.0. The summed E-state index contributed by atoms with van der Waals surface area (Å²) in [4.78, 5) is 18.2. The van der Waals surface area contributed by atoms with Gasteiger partial charge in [-0.15, -0.1) is 5.10 Å². The van der Waals surface area contributed by atoms with E-state index in [1.54, 1.807) is 0 Å². The molecule has 0 bridgehead atoms. The van der Waals surface area contributed by atoms with Gasteiger partial charge in [-0.2, -0.15) is 0 Å². The van der Waals surface area contributed by atoms with Crippen LogP contribution >= 0.6 is 0 Å². The molecule has 9 heteroatoms. The predicted octanol–water partition coefficient (Wildman–Crippen LogP) is 3.78. The van der Waals surface area contributed by atoms with Crippen LogP contribution in [0.5, 0.6) is 5.75 Å². The summed E-state index contributed by atoms with van der Waals surface area (Å²) < 4.78 is 7.55. The van der Waals surface area contributed by atoms with Gasteiger partial charge in [0.15, 0.2) is 5.82 Å². The zero-order chi connectivity index (χ0) is 24.7. The molecule has 0 aliphatic heterocycles. The third-order valence-electron chi connectivity index (χ3n) is 6.41. The van der Waals surface area contributed by atoms with Crippen molar-refractivity contribution in [2.75, 3.05) is 19.8 Å². The highest BCUT2D eigenvalue weighted by molar-refractivity contribution is 5.80. The molecule has 0 spiro atoms. The van der Waals surface area contributed by atoms with Crippen LogP contribution in [0, 0.1) is 0 Å². The molecular weight excluding hydrogens is 432 g/mol. The number of benzene rings is 1. The van der Waals surface area contributed by atoms with Gasteiger partial charge >= 0.3 is 0 Å². The van der Waals surface area contributed by atoms with Crippen molar-refractivity contribution in [3.8, 4) is 5.75 Å². The lowest BCUT2D eigenvalue weighted by Gasteiger charge is -2.33. The number of hydrogen-bond donors (Lipinski definition) is 2. The van der Waals surface area contributed by atoms with Gasteiger partial charge in [-0.25, -0.2) is 4.68 Å². The Balaban J connectivity index is 2.02. The summed E-state index contributed by atoms with van der Waals surface area (Å²) in [6.07, 6.45) is 3.25. The van der Waals surface area contributed by atoms with Gasteiger partial charge < -0.3 is 14.8 Å². The number of aromatic amines is 1. The number of nitrogens with one attached hydrogen (secondary N) is 1. The van der Waals surface area contributed by atoms with Crippen molar-refractivity contribution in [1.82, 2.24) is 30.1 Å². The molecular formula is C25H38N6O3. The summed E-state index contributed by atoms with van der Waals surface area (Å²) in [5.41, 5.74) is 1.09. The SMILES string of the molecule is CCC[C@H](c1nnnn1C(C)(C)CC)N(CCCO)Cc1cc2cc(OCC)ccc2[nH]c1=O. The molecule has 3 rings (SSSR count). The molecule has 0 fully saturated rings. The summed E-state index contributed by atoms with van der Waals surface area (Å²) in [6, 6.07) is 7.54. The van der Waals surface area contributed by atoms with Gasteiger partial charge in [0, 0.05) is 36.2 Å². The predicted molar refractivity (Wildman–Crippen MR) is 133 cm³/mol. The van der Waals surface area contributed by atoms with Crippen molar-refractivity contribution >= 4 is 10.9 Å². The molecule has 0 aliphatic carbocycles. The summed E-state index contributed by atoms with van der Waals surface area (Å²) >= 11 is 0. The van der Waals surface area contributed by atoms with Gasteiger partial charge in [-0.3, -0.25) is 9.69 Å². The van der Waals surface area contributed by atoms with Crippen molar-refractivity contribution in [3.05, 3.63) is 46.0 Å². The molecule has 0 saturated heterocycles. The van der Waals surface area contributed by atoms with Crippen molar-refractivity contribution in [3.63, 3.8) is 0 Å². The van der Waals surface area contributed by atoms with Crippen LogP contribution in [0.25, 0.3) is 10.9 Å². The molecule has 0 radical (unpaired) electrons. The van der Waals surface area contributed by atoms with E-state index in [-0.39, 0.29) is 23.7 Å². The number of ether oxygens (including phenoxy) is 1. The third kappa shape index (κ3) is 5.82. The lowest BCUT2D eigenvalue weighted by molar-refractivity contribution is 0.139. The summed E-state index contributed by atoms with van der Waals surface area (Å²) in [5.74, 6) is 1.57. The lowest BCUT2D eigenvalue weighted by Crippen LogP contribution is -2.37. The van der Waals surface area contributed by atoms with E-state index in [9.17, 15) is 9.90 Å². The summed E-state index contributed by atoms with van der Waals surface area (Å²) in [7, 11) is 0. The van der Waals surface area contributed by atoms with Crippen molar-refractivity contribution in [1.29, 1.82) is 0 Å². The van der Waals surface area contributed by atoms with E-state index in [0.717, 1.165) is 41.7 Å². The molecule has 186 valence electrons. The number of aliphatic hydroxyl groups is 1. The van der Waals surface area contributed by atoms with Crippen LogP contribution in [-0.4, -0.2) is 55.0 Å². The second-order valence-corrected chi connectivity index (χ2v) is 9.27. The number of tetrazole rings is 1. The van der Waals surface area contributed by atoms with Gasteiger partial charge in [0.2, 0.25) is 0 Å². The van der Waals surface area contributed by atoms with E-state index in [0.29, 0.717) is 31.7 Å². The van der Waals surface area contributed by atoms with E-state index < -0.39 is 0 Å². The first-order valence-corrected chi connectivity index (χ1v) is 12.3. The van der Waals surface area contributed by atoms with E-state index in [2.05, 4.69) is 53.1 Å². The summed E-state index contributed by atoms with van der Waals surface area (Å²) in [5, 5.41) is 23.2. The minimum atomic E-state index is -0.233. The van der Waals surface area contributed by atoms with Crippen LogP contribution in [0.2, 0.25) is 0 Å². The minimum absolute atomic E-state index is 0.0759. The first-order valence-electron chi connectivity index (χ1n) is 12.3. The van der Waals surface area contributed by atoms with Gasteiger partial charge in [0.05, 0.1) is 18.2 Å². The van der Waals surface area contributed by atoms with Gasteiger partial charge in [0.1, 0.15) is 5.75 Å². The number of aromatic nitrogens is 5. The molecule has 0 amide bonds. The van der Waals surface area contributed by atoms with Crippen molar-refractivity contribution < 1.29 is 9.84 Å². The molecule has 2 heterocycles. The Bertz CT molecular complexity index is 1120. The van der Waals surface area contributed by atoms with Crippen LogP contribution in [0.15, 0.2) is 29.1 Å². The Morgan fingerprint density at radius 1 is 1.24 bits per heavy atom. The van der Waals surface area contributed by atoms with Crippen LogP contribution in [0.4, 0.5) is 0 Å². The second kappa shape index (κ2) is 11.6. The van der Waals surface area contributed by atoms with Crippen molar-refractivity contribution in [2.24, 2.45) is 0 Å². The number of rotatable bonds is 13. The number of aliphatic hydroxyl groups excluding tert-OH is 1. The molecule has 0 aliphatic rings. The Morgan fingerprint density at radius 2 is 2.03 bits per heavy atom. The highest BCUT2D eigenvalue weighted by Gasteiger charge is 2.31. The molecule has 2 N–H and O–H groups in total. The molecule has 0 unspecified atom stereocenters. The minimum Gasteiger partial charge on any atom is -0.494 e. The maximum Gasteiger partial charge on any atom is 0.252 e. The molecule has 0 saturated carbocycles. The average Bonchev–Trinajstić information content (AvgIpc) is 3.31. The third-order valence-corrected chi connectivity index (χ3v) is 6.41. The van der Waals surface area contributed by atoms with Gasteiger partial charge in [0.25, 0.3) is 5.56 Å². The zero-order valence-corrected chi connectivity index (χ0v) is 21.0. The quantitative estimate of drug-likeness (QED) is 0.391. The van der Waals surface area contributed by atoms with Crippen molar-refractivity contribution in [2.45, 2.75) is 78.4 Å². The van der Waals surface area contributed by atoms with E-state index in [1.807, 2.05) is 35.9 Å². The number of fused-ring (bicyclic) bond motifs is 1. The van der Waals surface area contributed by atoms with E-state index in [4.69, 9.17) is 4.74 Å². The normalized spacial score (nSPS) is 13.0. The van der Waals surface area contributed by atoms with E-state index >= 15 is 0 Å². The second-order valence-electron chi connectivity index (χ2n) is 9.27. The molecule has 1 aromatic carbocycles. The standard InChI is InChI=1S/C25H38N6O3/c1-6-10-22(23-27-28-29-31(23)25(4,5)7-2)30(13-9-14-32)17-19-15-18-16-20(34-8-3)11-12-21(18)26-24(19)33/h11-12,15-16,22,32H,6-10,13-14,17H2,1-5H3,(H,26,33)/t22-/m1/s1. The molecule has 9 nitrogen and oxygen atoms in total. The summed E-state index contributed by atoms with van der Waals surface area (Å²) in [6.45, 7) is 12.2. The van der Waals surface area contributed by atoms with Crippen LogP contribution in [0.3, 0.4) is 0 Å². The number of pyridine rings is 1. The highest BCUT2D eigenvalue weighted by atomic mass is 16.5. The molecule has 2 aromatic heterocycles. The fraction of sp³-hybridized carbons (Fsp3) is 0.600. The Morgan fingerprint density at radius 3 is 2.71 bits per heavy atom. The molecule has 34 heavy (non-hydrogen) atoms. The van der Waals surface area contributed by atoms with Crippen LogP contribution < -0.4 is 10.3 Å². The zero-order valence-electron chi connectivity index (χ0n) is 21.0. The maximum absolute atomic E-state index is 13.0. The smallest absolute Gasteiger partial charge is 0.252 e. The van der Waals surface area contributed by atoms with Gasteiger partial charge in [-0.05, 0) is 74.7 Å². The topological polar surface area (TPSA) is 109 Å². The van der Waals surface area contributed by atoms with Gasteiger partial charge in [-0.1, -0.05) is 20.3 Å². The highest BCUT2D eigenvalue weighted by Crippen LogP contribution is 2.30. The first-order chi connectivity index (χ1) is 16.3. The monoisotopic (exact) mass is 470 g/mol. The Hall–Kier alpha value is -2.78. The van der Waals surface area contributed by atoms with E-state index in [1.165, 1.54) is 0 Å². The number of hydrogen-bond acceptors (Lipinski definition) is 7. The largest absolute Gasteiger partial charge is 0.494 e. The average molecular weight is 471 g/mol. The molecule has 3 aromatic rings. The Kier molecular flexibility index (Phi) is 8.79. The molecule has 1 atom stereocenters. The fourth-order valence-corrected chi connectivity index (χ4v) is 4.17.